The van der Waals surface area contributed by atoms with E-state index in [1.165, 1.54) is 13.3 Å². The lowest BCUT2D eigenvalue weighted by molar-refractivity contribution is 0.171. The molecule has 0 radical (unpaired) electrons. The lowest BCUT2D eigenvalue weighted by Gasteiger charge is -2.07. The molecule has 8 heteroatoms. The molecule has 0 fully saturated rings. The molecule has 0 unspecified atom stereocenters. The fourth-order valence-corrected chi connectivity index (χ4v) is 2.71. The lowest BCUT2D eigenvalue weighted by atomic mass is 10.2. The largest absolute Gasteiger partial charge is 0.452 e. The van der Waals surface area contributed by atoms with Crippen molar-refractivity contribution in [3.63, 3.8) is 0 Å². The van der Waals surface area contributed by atoms with Gasteiger partial charge in [0.1, 0.15) is 5.69 Å². The number of hydrogen-bond donors (Lipinski definition) is 2. The molecule has 0 aliphatic heterocycles. The summed E-state index contributed by atoms with van der Waals surface area (Å²) in [7, 11) is 3.12. The van der Waals surface area contributed by atoms with E-state index in [2.05, 4.69) is 20.6 Å². The van der Waals surface area contributed by atoms with Crippen molar-refractivity contribution < 1.29 is 9.53 Å². The molecule has 144 valence electrons. The number of hydrazone groups is 1. The van der Waals surface area contributed by atoms with Crippen molar-refractivity contribution in [2.45, 2.75) is 6.92 Å². The summed E-state index contributed by atoms with van der Waals surface area (Å²) in [6, 6.07) is 16.8. The molecule has 0 saturated heterocycles. The second kappa shape index (κ2) is 8.26. The number of methoxy groups -OCH3 is 1. The average Bonchev–Trinajstić information content (AvgIpc) is 2.93. The first-order valence-electron chi connectivity index (χ1n) is 8.59. The van der Waals surface area contributed by atoms with E-state index in [0.717, 1.165) is 22.6 Å². The smallest absolute Gasteiger partial charge is 0.427 e. The first kappa shape index (κ1) is 19.0. The number of anilines is 2. The summed E-state index contributed by atoms with van der Waals surface area (Å²) in [5.74, 6) is 0. The minimum absolute atomic E-state index is 0.126. The molecule has 0 saturated carbocycles. The van der Waals surface area contributed by atoms with Crippen molar-refractivity contribution in [3.05, 3.63) is 76.2 Å². The number of carbonyl (C=O) groups is 1. The van der Waals surface area contributed by atoms with Crippen LogP contribution in [0, 0.1) is 6.92 Å². The monoisotopic (exact) mass is 379 g/mol. The van der Waals surface area contributed by atoms with E-state index < -0.39 is 6.09 Å². The molecule has 0 aliphatic rings. The Bertz CT molecular complexity index is 1050. The zero-order valence-corrected chi connectivity index (χ0v) is 15.8. The Balaban J connectivity index is 1.81. The molecule has 3 rings (SSSR count). The quantitative estimate of drug-likeness (QED) is 0.527. The topological polar surface area (TPSA) is 89.7 Å². The van der Waals surface area contributed by atoms with Gasteiger partial charge in [0.25, 0.3) is 5.56 Å². The third-order valence-corrected chi connectivity index (χ3v) is 4.29. The number of nitrogens with one attached hydrogen (secondary N) is 2. The Labute approximate surface area is 162 Å². The number of amides is 1. The van der Waals surface area contributed by atoms with Crippen LogP contribution in [0.5, 0.6) is 0 Å². The highest BCUT2D eigenvalue weighted by atomic mass is 16.5. The highest BCUT2D eigenvalue weighted by Gasteiger charge is 2.16. The van der Waals surface area contributed by atoms with Crippen LogP contribution in [0.25, 0.3) is 5.69 Å². The van der Waals surface area contributed by atoms with Gasteiger partial charge in [-0.25, -0.2) is 14.9 Å². The van der Waals surface area contributed by atoms with Crippen molar-refractivity contribution >= 4 is 23.7 Å². The van der Waals surface area contributed by atoms with Gasteiger partial charge in [-0.1, -0.05) is 30.3 Å². The van der Waals surface area contributed by atoms with Gasteiger partial charge in [-0.3, -0.25) is 9.48 Å². The highest BCUT2D eigenvalue weighted by molar-refractivity contribution is 5.81. The third-order valence-electron chi connectivity index (χ3n) is 4.29. The van der Waals surface area contributed by atoms with E-state index in [1.54, 1.807) is 4.68 Å². The van der Waals surface area contributed by atoms with Crippen LogP contribution >= 0.6 is 0 Å². The van der Waals surface area contributed by atoms with Crippen molar-refractivity contribution in [1.82, 2.24) is 14.8 Å². The second-order valence-corrected chi connectivity index (χ2v) is 6.05. The van der Waals surface area contributed by atoms with E-state index in [0.29, 0.717) is 5.69 Å². The zero-order valence-electron chi connectivity index (χ0n) is 15.8. The van der Waals surface area contributed by atoms with Gasteiger partial charge in [0.05, 0.1) is 24.7 Å². The van der Waals surface area contributed by atoms with E-state index in [1.807, 2.05) is 73.3 Å². The summed E-state index contributed by atoms with van der Waals surface area (Å²) in [5, 5.41) is 6.97. The molecule has 2 N–H and O–H groups in total. The van der Waals surface area contributed by atoms with Gasteiger partial charge in [0.2, 0.25) is 0 Å². The summed E-state index contributed by atoms with van der Waals surface area (Å²) in [6.07, 6.45) is 0.861. The van der Waals surface area contributed by atoms with Gasteiger partial charge in [-0.05, 0) is 36.8 Å². The van der Waals surface area contributed by atoms with Crippen LogP contribution in [0.3, 0.4) is 0 Å². The minimum atomic E-state index is -0.635. The van der Waals surface area contributed by atoms with E-state index in [-0.39, 0.29) is 5.56 Å². The standard InChI is InChI=1S/C20H21N5O3/c1-14-18(19(26)25(24(14)2)17-7-5-4-6-8-17)22-16-11-9-15(10-12-16)13-21-23-20(27)28-3/h4-13,22H,1-3H3,(H,23,27)/b21-13-. The summed E-state index contributed by atoms with van der Waals surface area (Å²) >= 11 is 0. The Hall–Kier alpha value is -3.81. The van der Waals surface area contributed by atoms with Gasteiger partial charge in [-0.15, -0.1) is 0 Å². The molecule has 28 heavy (non-hydrogen) atoms. The van der Waals surface area contributed by atoms with Crippen LogP contribution < -0.4 is 16.3 Å². The molecule has 2 aromatic carbocycles. The summed E-state index contributed by atoms with van der Waals surface area (Å²) in [5.41, 5.74) is 5.78. The second-order valence-electron chi connectivity index (χ2n) is 6.05. The van der Waals surface area contributed by atoms with Gasteiger partial charge in [-0.2, -0.15) is 5.10 Å². The highest BCUT2D eigenvalue weighted by Crippen LogP contribution is 2.19. The van der Waals surface area contributed by atoms with E-state index >= 15 is 0 Å². The maximum atomic E-state index is 12.9. The molecule has 1 heterocycles. The Kier molecular flexibility index (Phi) is 5.59. The number of ether oxygens (including phenoxy) is 1. The Morgan fingerprint density at radius 2 is 1.79 bits per heavy atom. The van der Waals surface area contributed by atoms with E-state index in [4.69, 9.17) is 0 Å². The lowest BCUT2D eigenvalue weighted by Crippen LogP contribution is -2.20. The molecule has 0 spiro atoms. The van der Waals surface area contributed by atoms with Crippen LogP contribution in [0.4, 0.5) is 16.2 Å². The number of hydrogen-bond acceptors (Lipinski definition) is 5. The SMILES string of the molecule is COC(=O)N/N=C\c1ccc(Nc2c(C)n(C)n(-c3ccccc3)c2=O)cc1. The number of carbonyl (C=O) groups excluding carboxylic acids is 1. The van der Waals surface area contributed by atoms with Crippen LogP contribution in [0.1, 0.15) is 11.3 Å². The maximum Gasteiger partial charge on any atom is 0.427 e. The molecule has 0 bridgehead atoms. The fraction of sp³-hybridized carbons (Fsp3) is 0.150. The molecule has 3 aromatic rings. The molecule has 1 amide bonds. The number of para-hydroxylation sites is 1. The molecule has 0 atom stereocenters. The summed E-state index contributed by atoms with van der Waals surface area (Å²) < 4.78 is 7.87. The number of rotatable bonds is 5. The van der Waals surface area contributed by atoms with Crippen molar-refractivity contribution in [2.75, 3.05) is 12.4 Å². The molecular formula is C20H21N5O3. The predicted molar refractivity (Wildman–Crippen MR) is 109 cm³/mol. The number of benzene rings is 2. The van der Waals surface area contributed by atoms with Gasteiger partial charge in [0, 0.05) is 12.7 Å². The van der Waals surface area contributed by atoms with Crippen LogP contribution in [0.2, 0.25) is 0 Å². The number of aromatic nitrogens is 2. The first-order chi connectivity index (χ1) is 13.5. The van der Waals surface area contributed by atoms with Gasteiger partial charge >= 0.3 is 6.09 Å². The molecular weight excluding hydrogens is 358 g/mol. The normalized spacial score (nSPS) is 10.8. The Morgan fingerprint density at radius 3 is 2.43 bits per heavy atom. The van der Waals surface area contributed by atoms with Crippen molar-refractivity contribution in [3.8, 4) is 5.69 Å². The molecule has 8 nitrogen and oxygen atoms in total. The minimum Gasteiger partial charge on any atom is -0.452 e. The van der Waals surface area contributed by atoms with Gasteiger partial charge in [0.15, 0.2) is 0 Å². The van der Waals surface area contributed by atoms with Crippen molar-refractivity contribution in [2.24, 2.45) is 12.1 Å². The van der Waals surface area contributed by atoms with Crippen molar-refractivity contribution in [1.29, 1.82) is 0 Å². The maximum absolute atomic E-state index is 12.9. The molecule has 1 aromatic heterocycles. The van der Waals surface area contributed by atoms with Gasteiger partial charge < -0.3 is 10.1 Å². The summed E-state index contributed by atoms with van der Waals surface area (Å²) in [6.45, 7) is 1.89. The zero-order chi connectivity index (χ0) is 20.1. The number of nitrogens with zero attached hydrogens (tertiary/aromatic N) is 3. The molecule has 0 aliphatic carbocycles. The first-order valence-corrected chi connectivity index (χ1v) is 8.59. The van der Waals surface area contributed by atoms with Crippen LogP contribution in [-0.2, 0) is 11.8 Å². The summed E-state index contributed by atoms with van der Waals surface area (Å²) in [4.78, 5) is 23.9. The van der Waals surface area contributed by atoms with E-state index in [9.17, 15) is 9.59 Å². The third kappa shape index (κ3) is 3.96. The Morgan fingerprint density at radius 1 is 1.11 bits per heavy atom. The fourth-order valence-electron chi connectivity index (χ4n) is 2.71. The van der Waals surface area contributed by atoms with Crippen LogP contribution in [0.15, 0.2) is 64.5 Å². The predicted octanol–water partition coefficient (Wildman–Crippen LogP) is 2.92. The van der Waals surface area contributed by atoms with Crippen LogP contribution in [-0.4, -0.2) is 28.8 Å². The average molecular weight is 379 g/mol.